The zero-order valence-electron chi connectivity index (χ0n) is 11.4. The summed E-state index contributed by atoms with van der Waals surface area (Å²) in [5.41, 5.74) is 2.77. The van der Waals surface area contributed by atoms with Crippen LogP contribution in [0.4, 0.5) is 0 Å². The van der Waals surface area contributed by atoms with Crippen LogP contribution in [0.25, 0.3) is 0 Å². The fourth-order valence-electron chi connectivity index (χ4n) is 2.25. The molecule has 1 aromatic carbocycles. The van der Waals surface area contributed by atoms with E-state index in [1.54, 1.807) is 0 Å². The molecule has 1 aromatic rings. The molecule has 0 aromatic heterocycles. The molecular formula is C16H26O. The predicted molar refractivity (Wildman–Crippen MR) is 74.4 cm³/mol. The van der Waals surface area contributed by atoms with Crippen molar-refractivity contribution in [3.05, 3.63) is 35.4 Å². The molecule has 0 amide bonds. The molecule has 0 aliphatic heterocycles. The van der Waals surface area contributed by atoms with E-state index in [-0.39, 0.29) is 6.10 Å². The first kappa shape index (κ1) is 14.2. The average molecular weight is 234 g/mol. The van der Waals surface area contributed by atoms with Crippen molar-refractivity contribution >= 4 is 0 Å². The van der Waals surface area contributed by atoms with Crippen LogP contribution in [0.1, 0.15) is 63.0 Å². The van der Waals surface area contributed by atoms with E-state index < -0.39 is 0 Å². The van der Waals surface area contributed by atoms with Crippen molar-refractivity contribution in [2.24, 2.45) is 0 Å². The Bertz CT molecular complexity index is 294. The van der Waals surface area contributed by atoms with Crippen LogP contribution in [0.2, 0.25) is 0 Å². The number of rotatable bonds is 1. The van der Waals surface area contributed by atoms with Crippen LogP contribution in [-0.4, -0.2) is 11.2 Å². The summed E-state index contributed by atoms with van der Waals surface area (Å²) in [6.45, 7) is 6.37. The lowest BCUT2D eigenvalue weighted by Crippen LogP contribution is -2.16. The molecule has 0 unspecified atom stereocenters. The number of hydrogen-bond acceptors (Lipinski definition) is 1. The lowest BCUT2D eigenvalue weighted by molar-refractivity contribution is 0.122. The number of aryl methyl sites for hydroxylation is 1. The number of aliphatic hydroxyl groups excluding tert-OH is 1. The standard InChI is InChI=1S/C13H18O.C3H8/c1-10-2-4-11(5-3-10)12-6-8-13(14)9-7-12;1-3-2/h2-5,12-14H,6-9H2,1H3;3H2,1-2H3. The molecule has 0 saturated heterocycles. The molecule has 0 spiro atoms. The van der Waals surface area contributed by atoms with Gasteiger partial charge in [0.25, 0.3) is 0 Å². The van der Waals surface area contributed by atoms with E-state index in [1.165, 1.54) is 17.5 Å². The Balaban J connectivity index is 0.000000437. The minimum Gasteiger partial charge on any atom is -0.393 e. The highest BCUT2D eigenvalue weighted by atomic mass is 16.3. The molecule has 0 bridgehead atoms. The van der Waals surface area contributed by atoms with Crippen molar-refractivity contribution in [2.75, 3.05) is 0 Å². The Labute approximate surface area is 106 Å². The molecule has 96 valence electrons. The van der Waals surface area contributed by atoms with E-state index in [0.29, 0.717) is 5.92 Å². The van der Waals surface area contributed by atoms with Crippen molar-refractivity contribution in [3.8, 4) is 0 Å². The van der Waals surface area contributed by atoms with Gasteiger partial charge in [-0.25, -0.2) is 0 Å². The molecule has 1 fully saturated rings. The second kappa shape index (κ2) is 7.50. The Morgan fingerprint density at radius 3 is 1.94 bits per heavy atom. The van der Waals surface area contributed by atoms with Crippen LogP contribution in [0.5, 0.6) is 0 Å². The first-order chi connectivity index (χ1) is 8.17. The van der Waals surface area contributed by atoms with Crippen molar-refractivity contribution in [3.63, 3.8) is 0 Å². The quantitative estimate of drug-likeness (QED) is 0.762. The van der Waals surface area contributed by atoms with Crippen LogP contribution in [0.3, 0.4) is 0 Å². The molecule has 0 radical (unpaired) electrons. The fraction of sp³-hybridized carbons (Fsp3) is 0.625. The largest absolute Gasteiger partial charge is 0.393 e. The zero-order chi connectivity index (χ0) is 12.7. The van der Waals surface area contributed by atoms with Gasteiger partial charge in [0.2, 0.25) is 0 Å². The minimum absolute atomic E-state index is 0.0447. The van der Waals surface area contributed by atoms with Gasteiger partial charge in [-0.3, -0.25) is 0 Å². The summed E-state index contributed by atoms with van der Waals surface area (Å²) in [7, 11) is 0. The second-order valence-electron chi connectivity index (χ2n) is 5.12. The lowest BCUT2D eigenvalue weighted by atomic mass is 9.83. The van der Waals surface area contributed by atoms with Crippen LogP contribution < -0.4 is 0 Å². The molecule has 1 nitrogen and oxygen atoms in total. The second-order valence-corrected chi connectivity index (χ2v) is 5.12. The Kier molecular flexibility index (Phi) is 6.28. The summed E-state index contributed by atoms with van der Waals surface area (Å²) in [6.07, 6.45) is 5.43. The van der Waals surface area contributed by atoms with Crippen LogP contribution in [-0.2, 0) is 0 Å². The van der Waals surface area contributed by atoms with Gasteiger partial charge in [0.05, 0.1) is 6.10 Å². The number of benzene rings is 1. The van der Waals surface area contributed by atoms with Crippen LogP contribution >= 0.6 is 0 Å². The maximum Gasteiger partial charge on any atom is 0.0540 e. The normalized spacial score (nSPS) is 23.8. The third-order valence-electron chi connectivity index (χ3n) is 3.25. The molecule has 0 atom stereocenters. The molecule has 17 heavy (non-hydrogen) atoms. The smallest absolute Gasteiger partial charge is 0.0540 e. The highest BCUT2D eigenvalue weighted by molar-refractivity contribution is 5.24. The van der Waals surface area contributed by atoms with Gasteiger partial charge >= 0.3 is 0 Å². The summed E-state index contributed by atoms with van der Waals surface area (Å²) in [5.74, 6) is 0.680. The summed E-state index contributed by atoms with van der Waals surface area (Å²) in [5, 5.41) is 9.42. The van der Waals surface area contributed by atoms with Gasteiger partial charge in [0, 0.05) is 0 Å². The van der Waals surface area contributed by atoms with E-state index in [0.717, 1.165) is 25.7 Å². The summed E-state index contributed by atoms with van der Waals surface area (Å²) >= 11 is 0. The first-order valence-electron chi connectivity index (χ1n) is 6.92. The summed E-state index contributed by atoms with van der Waals surface area (Å²) < 4.78 is 0. The maximum atomic E-state index is 9.42. The highest BCUT2D eigenvalue weighted by Crippen LogP contribution is 2.32. The van der Waals surface area contributed by atoms with Gasteiger partial charge < -0.3 is 5.11 Å². The maximum absolute atomic E-state index is 9.42. The SMILES string of the molecule is CCC.Cc1ccc(C2CCC(O)CC2)cc1. The molecular weight excluding hydrogens is 208 g/mol. The first-order valence-corrected chi connectivity index (χ1v) is 6.92. The summed E-state index contributed by atoms with van der Waals surface area (Å²) in [4.78, 5) is 0. The number of aliphatic hydroxyl groups is 1. The van der Waals surface area contributed by atoms with E-state index in [1.807, 2.05) is 0 Å². The van der Waals surface area contributed by atoms with Gasteiger partial charge in [0.1, 0.15) is 0 Å². The molecule has 1 saturated carbocycles. The Hall–Kier alpha value is -0.820. The van der Waals surface area contributed by atoms with E-state index >= 15 is 0 Å². The molecule has 1 aliphatic carbocycles. The third kappa shape index (κ3) is 4.91. The van der Waals surface area contributed by atoms with Gasteiger partial charge in [0.15, 0.2) is 0 Å². The van der Waals surface area contributed by atoms with Gasteiger partial charge in [-0.05, 0) is 44.1 Å². The Morgan fingerprint density at radius 2 is 1.47 bits per heavy atom. The van der Waals surface area contributed by atoms with E-state index in [2.05, 4.69) is 45.0 Å². The van der Waals surface area contributed by atoms with Crippen molar-refractivity contribution < 1.29 is 5.11 Å². The lowest BCUT2D eigenvalue weighted by Gasteiger charge is -2.25. The molecule has 0 heterocycles. The van der Waals surface area contributed by atoms with Crippen LogP contribution in [0, 0.1) is 6.92 Å². The Morgan fingerprint density at radius 1 is 1.00 bits per heavy atom. The molecule has 1 aliphatic rings. The third-order valence-corrected chi connectivity index (χ3v) is 3.25. The fourth-order valence-corrected chi connectivity index (χ4v) is 2.25. The van der Waals surface area contributed by atoms with Gasteiger partial charge in [-0.2, -0.15) is 0 Å². The predicted octanol–water partition coefficient (Wildman–Crippen LogP) is 4.43. The monoisotopic (exact) mass is 234 g/mol. The van der Waals surface area contributed by atoms with Crippen molar-refractivity contribution in [1.29, 1.82) is 0 Å². The minimum atomic E-state index is -0.0447. The molecule has 1 N–H and O–H groups in total. The zero-order valence-corrected chi connectivity index (χ0v) is 11.4. The van der Waals surface area contributed by atoms with Crippen molar-refractivity contribution in [1.82, 2.24) is 0 Å². The van der Waals surface area contributed by atoms with Crippen molar-refractivity contribution in [2.45, 2.75) is 64.9 Å². The average Bonchev–Trinajstić information content (AvgIpc) is 2.32. The summed E-state index contributed by atoms with van der Waals surface area (Å²) in [6, 6.07) is 8.83. The topological polar surface area (TPSA) is 20.2 Å². The van der Waals surface area contributed by atoms with E-state index in [9.17, 15) is 5.11 Å². The number of hydrogen-bond donors (Lipinski definition) is 1. The van der Waals surface area contributed by atoms with Gasteiger partial charge in [-0.1, -0.05) is 50.1 Å². The highest BCUT2D eigenvalue weighted by Gasteiger charge is 2.20. The van der Waals surface area contributed by atoms with E-state index in [4.69, 9.17) is 0 Å². The molecule has 1 heteroatoms. The molecule has 2 rings (SSSR count). The van der Waals surface area contributed by atoms with Gasteiger partial charge in [-0.15, -0.1) is 0 Å². The van der Waals surface area contributed by atoms with Crippen LogP contribution in [0.15, 0.2) is 24.3 Å².